The second-order valence-corrected chi connectivity index (χ2v) is 6.61. The van der Waals surface area contributed by atoms with Crippen LogP contribution in [0.3, 0.4) is 0 Å². The van der Waals surface area contributed by atoms with E-state index in [1.807, 2.05) is 4.68 Å². The van der Waals surface area contributed by atoms with E-state index in [-0.39, 0.29) is 24.4 Å². The van der Waals surface area contributed by atoms with Crippen LogP contribution in [0.5, 0.6) is 0 Å². The van der Waals surface area contributed by atoms with Crippen molar-refractivity contribution in [2.24, 2.45) is 0 Å². The molecule has 1 unspecified atom stereocenters. The lowest BCUT2D eigenvalue weighted by molar-refractivity contribution is 0.102. The number of amides is 1. The van der Waals surface area contributed by atoms with E-state index in [1.54, 1.807) is 30.5 Å². The summed E-state index contributed by atoms with van der Waals surface area (Å²) >= 11 is 0.447. The highest BCUT2D eigenvalue weighted by Crippen LogP contribution is 2.27. The number of thioether (sulfide) groups is 1. The number of anilines is 1. The Morgan fingerprint density at radius 3 is 2.96 bits per heavy atom. The Labute approximate surface area is 155 Å². The largest absolute Gasteiger partial charge is 0.321 e. The molecular formula is C16H19ClF2N4OS. The molecule has 0 aliphatic carbocycles. The summed E-state index contributed by atoms with van der Waals surface area (Å²) < 4.78 is 26.6. The lowest BCUT2D eigenvalue weighted by atomic mass is 10.1. The van der Waals surface area contributed by atoms with Crippen LogP contribution in [0.1, 0.15) is 29.4 Å². The van der Waals surface area contributed by atoms with E-state index >= 15 is 0 Å². The Hall–Kier alpha value is -1.64. The van der Waals surface area contributed by atoms with Crippen LogP contribution in [-0.2, 0) is 0 Å². The fourth-order valence-corrected chi connectivity index (χ4v) is 3.22. The van der Waals surface area contributed by atoms with Crippen molar-refractivity contribution in [3.05, 3.63) is 42.2 Å². The molecule has 1 aliphatic heterocycles. The lowest BCUT2D eigenvalue weighted by Gasteiger charge is -2.22. The summed E-state index contributed by atoms with van der Waals surface area (Å²) in [5.74, 6) is -2.84. The number of hydrogen-bond acceptors (Lipinski definition) is 4. The van der Waals surface area contributed by atoms with Crippen LogP contribution in [0, 0.1) is 0 Å². The first-order valence-electron chi connectivity index (χ1n) is 7.74. The quantitative estimate of drug-likeness (QED) is 0.765. The normalized spacial score (nSPS) is 17.2. The molecule has 9 heteroatoms. The van der Waals surface area contributed by atoms with Crippen LogP contribution in [0.2, 0.25) is 0 Å². The molecule has 1 aliphatic rings. The van der Waals surface area contributed by atoms with E-state index in [1.165, 1.54) is 6.07 Å². The predicted octanol–water partition coefficient (Wildman–Crippen LogP) is 3.80. The van der Waals surface area contributed by atoms with E-state index in [4.69, 9.17) is 0 Å². The van der Waals surface area contributed by atoms with Crippen molar-refractivity contribution in [2.75, 3.05) is 18.4 Å². The van der Waals surface area contributed by atoms with Crippen LogP contribution in [0.4, 0.5) is 14.5 Å². The third kappa shape index (κ3) is 5.42. The molecule has 2 aromatic rings. The molecule has 0 spiro atoms. The van der Waals surface area contributed by atoms with E-state index < -0.39 is 5.76 Å². The average Bonchev–Trinajstić information content (AvgIpc) is 3.05. The maximum absolute atomic E-state index is 12.4. The predicted molar refractivity (Wildman–Crippen MR) is 96.9 cm³/mol. The van der Waals surface area contributed by atoms with Crippen LogP contribution in [0.15, 0.2) is 41.4 Å². The fourth-order valence-electron chi connectivity index (χ4n) is 2.67. The third-order valence-electron chi connectivity index (χ3n) is 3.80. The highest BCUT2D eigenvalue weighted by atomic mass is 35.5. The smallest absolute Gasteiger partial charge is 0.288 e. The molecule has 1 fully saturated rings. The second kappa shape index (κ2) is 9.17. The van der Waals surface area contributed by atoms with Gasteiger partial charge in [-0.25, -0.2) is 0 Å². The topological polar surface area (TPSA) is 59.0 Å². The van der Waals surface area contributed by atoms with Gasteiger partial charge in [0.25, 0.3) is 11.7 Å². The van der Waals surface area contributed by atoms with Gasteiger partial charge in [0.05, 0.1) is 6.04 Å². The van der Waals surface area contributed by atoms with Gasteiger partial charge in [0.2, 0.25) is 0 Å². The van der Waals surface area contributed by atoms with E-state index in [0.717, 1.165) is 25.9 Å². The van der Waals surface area contributed by atoms with Gasteiger partial charge in [-0.05, 0) is 43.7 Å². The summed E-state index contributed by atoms with van der Waals surface area (Å²) in [7, 11) is 0. The van der Waals surface area contributed by atoms with Crippen LogP contribution < -0.4 is 10.6 Å². The number of nitrogens with zero attached hydrogens (tertiary/aromatic N) is 2. The zero-order chi connectivity index (χ0) is 16.9. The number of piperidine rings is 1. The maximum Gasteiger partial charge on any atom is 0.288 e. The fraction of sp³-hybridized carbons (Fsp3) is 0.375. The van der Waals surface area contributed by atoms with Gasteiger partial charge < -0.3 is 10.6 Å². The summed E-state index contributed by atoms with van der Waals surface area (Å²) in [5, 5.41) is 10.3. The van der Waals surface area contributed by atoms with Crippen LogP contribution in [0.25, 0.3) is 0 Å². The first kappa shape index (κ1) is 19.7. The van der Waals surface area contributed by atoms with Gasteiger partial charge in [0, 0.05) is 23.3 Å². The van der Waals surface area contributed by atoms with E-state index in [0.29, 0.717) is 28.0 Å². The molecule has 0 saturated carbocycles. The number of alkyl halides is 2. The number of carbonyl (C=O) groups is 1. The number of aromatic nitrogens is 2. The Kier molecular flexibility index (Phi) is 7.22. The Balaban J connectivity index is 0.00000225. The van der Waals surface area contributed by atoms with Gasteiger partial charge in [0.1, 0.15) is 0 Å². The number of hydrogen-bond donors (Lipinski definition) is 2. The molecule has 0 radical (unpaired) electrons. The van der Waals surface area contributed by atoms with Gasteiger partial charge in [-0.15, -0.1) is 12.4 Å². The Bertz CT molecular complexity index is 707. The molecule has 2 N–H and O–H groups in total. The molecule has 1 aromatic carbocycles. The summed E-state index contributed by atoms with van der Waals surface area (Å²) in [4.78, 5) is 12.7. The minimum Gasteiger partial charge on any atom is -0.321 e. The van der Waals surface area contributed by atoms with Crippen molar-refractivity contribution in [1.29, 1.82) is 0 Å². The van der Waals surface area contributed by atoms with Crippen molar-refractivity contribution in [2.45, 2.75) is 29.5 Å². The number of carbonyl (C=O) groups excluding carboxylic acids is 1. The molecule has 1 saturated heterocycles. The van der Waals surface area contributed by atoms with Gasteiger partial charge in [-0.1, -0.05) is 17.8 Å². The molecule has 136 valence electrons. The van der Waals surface area contributed by atoms with Crippen LogP contribution in [-0.4, -0.2) is 34.5 Å². The number of nitrogens with one attached hydrogen (secondary N) is 2. The van der Waals surface area contributed by atoms with Crippen molar-refractivity contribution < 1.29 is 13.6 Å². The zero-order valence-corrected chi connectivity index (χ0v) is 15.0. The third-order valence-corrected chi connectivity index (χ3v) is 4.51. The molecule has 1 atom stereocenters. The van der Waals surface area contributed by atoms with Crippen LogP contribution >= 0.6 is 24.2 Å². The number of benzene rings is 1. The van der Waals surface area contributed by atoms with E-state index in [9.17, 15) is 13.6 Å². The van der Waals surface area contributed by atoms with Gasteiger partial charge >= 0.3 is 0 Å². The second-order valence-electron chi connectivity index (χ2n) is 5.54. The summed E-state index contributed by atoms with van der Waals surface area (Å²) in [6.07, 6.45) is 3.92. The monoisotopic (exact) mass is 388 g/mol. The summed E-state index contributed by atoms with van der Waals surface area (Å²) in [5.41, 5.74) is 0.784. The van der Waals surface area contributed by atoms with Crippen molar-refractivity contribution in [3.8, 4) is 0 Å². The number of rotatable bonds is 5. The Morgan fingerprint density at radius 1 is 1.40 bits per heavy atom. The molecule has 0 bridgehead atoms. The van der Waals surface area contributed by atoms with Crippen molar-refractivity contribution >= 4 is 35.8 Å². The van der Waals surface area contributed by atoms with Crippen molar-refractivity contribution in [1.82, 2.24) is 15.1 Å². The Morgan fingerprint density at radius 2 is 2.24 bits per heavy atom. The standard InChI is InChI=1S/C16H18F2N4OS.ClH/c17-16(18)24-13-5-1-3-11(9-13)20-15(23)14-6-8-22(21-14)12-4-2-7-19-10-12;/h1,3,5-6,8-9,12,16,19H,2,4,7,10H2,(H,20,23);1H. The van der Waals surface area contributed by atoms with Gasteiger partial charge in [0.15, 0.2) is 5.69 Å². The van der Waals surface area contributed by atoms with Crippen molar-refractivity contribution in [3.63, 3.8) is 0 Å². The minimum absolute atomic E-state index is 0. The summed E-state index contributed by atoms with van der Waals surface area (Å²) in [6.45, 7) is 1.85. The summed E-state index contributed by atoms with van der Waals surface area (Å²) in [6, 6.07) is 8.32. The zero-order valence-electron chi connectivity index (χ0n) is 13.3. The molecule has 1 aromatic heterocycles. The van der Waals surface area contributed by atoms with Gasteiger partial charge in [-0.2, -0.15) is 13.9 Å². The van der Waals surface area contributed by atoms with E-state index in [2.05, 4.69) is 15.7 Å². The molecule has 25 heavy (non-hydrogen) atoms. The highest BCUT2D eigenvalue weighted by molar-refractivity contribution is 7.99. The average molecular weight is 389 g/mol. The SMILES string of the molecule is Cl.O=C(Nc1cccc(SC(F)F)c1)c1ccn(C2CCCNC2)n1. The maximum atomic E-state index is 12.4. The molecule has 3 rings (SSSR count). The molecular weight excluding hydrogens is 370 g/mol. The highest BCUT2D eigenvalue weighted by Gasteiger charge is 2.18. The first-order chi connectivity index (χ1) is 11.6. The number of halogens is 3. The lowest BCUT2D eigenvalue weighted by Crippen LogP contribution is -2.32. The molecule has 5 nitrogen and oxygen atoms in total. The minimum atomic E-state index is -2.49. The van der Waals surface area contributed by atoms with Gasteiger partial charge in [-0.3, -0.25) is 9.48 Å². The first-order valence-corrected chi connectivity index (χ1v) is 8.62. The molecule has 1 amide bonds. The molecule has 2 heterocycles.